The Morgan fingerprint density at radius 3 is 2.71 bits per heavy atom. The molecule has 0 amide bonds. The van der Waals surface area contributed by atoms with E-state index in [1.54, 1.807) is 7.11 Å². The zero-order valence-corrected chi connectivity index (χ0v) is 14.3. The first-order valence-corrected chi connectivity index (χ1v) is 7.99. The topological polar surface area (TPSA) is 71.1 Å². The van der Waals surface area contributed by atoms with E-state index in [1.165, 1.54) is 0 Å². The van der Waals surface area contributed by atoms with Gasteiger partial charge in [-0.05, 0) is 31.4 Å². The number of carbonyl (C=O) groups is 1. The van der Waals surface area contributed by atoms with Crippen molar-refractivity contribution in [3.8, 4) is 11.5 Å². The van der Waals surface area contributed by atoms with Gasteiger partial charge in [0.25, 0.3) is 0 Å². The largest absolute Gasteiger partial charge is 1.00 e. The van der Waals surface area contributed by atoms with E-state index in [-0.39, 0.29) is 25.0 Å². The summed E-state index contributed by atoms with van der Waals surface area (Å²) in [5.74, 6) is 0.487. The van der Waals surface area contributed by atoms with E-state index >= 15 is 0 Å². The standard InChI is InChI=1S/C17H23NO5.Li/c1-21-13-3-2-4-14(11-13)23-15-5-8-18(12-15)17(16(19)20)6-9-22-10-7-17;/h2-4,11,15H,5-10,12H2,1H3,(H,19,20);/q;+1/p-1/t15-;/m1./s1. The van der Waals surface area contributed by atoms with Gasteiger partial charge in [-0.2, -0.15) is 0 Å². The fourth-order valence-electron chi connectivity index (χ4n) is 3.44. The normalized spacial score (nSPS) is 23.3. The van der Waals surface area contributed by atoms with E-state index in [9.17, 15) is 9.90 Å². The number of aliphatic carboxylic acids is 1. The minimum absolute atomic E-state index is 0. The summed E-state index contributed by atoms with van der Waals surface area (Å²) in [6, 6.07) is 7.46. The van der Waals surface area contributed by atoms with E-state index in [4.69, 9.17) is 14.2 Å². The smallest absolute Gasteiger partial charge is 0.548 e. The predicted octanol–water partition coefficient (Wildman–Crippen LogP) is -2.55. The zero-order valence-electron chi connectivity index (χ0n) is 14.3. The molecule has 2 aliphatic heterocycles. The Labute approximate surface area is 154 Å². The SMILES string of the molecule is COc1cccc(O[C@@H]2CCN(C3(C(=O)[O-])CCOCC3)C2)c1.[Li+]. The van der Waals surface area contributed by atoms with E-state index in [0.29, 0.717) is 39.1 Å². The van der Waals surface area contributed by atoms with Crippen LogP contribution in [0.1, 0.15) is 19.3 Å². The van der Waals surface area contributed by atoms with Crippen LogP contribution in [0.15, 0.2) is 24.3 Å². The molecule has 7 heteroatoms. The molecule has 24 heavy (non-hydrogen) atoms. The van der Waals surface area contributed by atoms with Gasteiger partial charge in [-0.25, -0.2) is 0 Å². The van der Waals surface area contributed by atoms with Crippen LogP contribution in [-0.4, -0.2) is 55.9 Å². The number of carboxylic acid groups (broad SMARTS) is 1. The van der Waals surface area contributed by atoms with Gasteiger partial charge in [0.2, 0.25) is 0 Å². The Morgan fingerprint density at radius 2 is 2.04 bits per heavy atom. The number of ether oxygens (including phenoxy) is 3. The molecular weight excluding hydrogens is 305 g/mol. The van der Waals surface area contributed by atoms with Crippen LogP contribution in [0.3, 0.4) is 0 Å². The zero-order chi connectivity index (χ0) is 16.3. The van der Waals surface area contributed by atoms with Gasteiger partial charge in [0.15, 0.2) is 0 Å². The predicted molar refractivity (Wildman–Crippen MR) is 81.4 cm³/mol. The minimum Gasteiger partial charge on any atom is -0.548 e. The van der Waals surface area contributed by atoms with Crippen LogP contribution in [-0.2, 0) is 9.53 Å². The molecule has 2 aliphatic rings. The van der Waals surface area contributed by atoms with Gasteiger partial charge in [-0.15, -0.1) is 0 Å². The number of methoxy groups -OCH3 is 1. The van der Waals surface area contributed by atoms with Crippen LogP contribution in [0, 0.1) is 0 Å². The van der Waals surface area contributed by atoms with Gasteiger partial charge in [0.05, 0.1) is 18.6 Å². The first-order valence-electron chi connectivity index (χ1n) is 7.99. The summed E-state index contributed by atoms with van der Waals surface area (Å²) < 4.78 is 16.5. The summed E-state index contributed by atoms with van der Waals surface area (Å²) in [4.78, 5) is 13.7. The van der Waals surface area contributed by atoms with Crippen molar-refractivity contribution in [1.82, 2.24) is 4.90 Å². The van der Waals surface area contributed by atoms with E-state index < -0.39 is 11.5 Å². The maximum absolute atomic E-state index is 11.7. The number of nitrogens with zero attached hydrogens (tertiary/aromatic N) is 1. The molecule has 0 bridgehead atoms. The molecule has 1 aromatic carbocycles. The van der Waals surface area contributed by atoms with Gasteiger partial charge >= 0.3 is 18.9 Å². The summed E-state index contributed by atoms with van der Waals surface area (Å²) in [5.41, 5.74) is -0.912. The van der Waals surface area contributed by atoms with Crippen molar-refractivity contribution in [2.24, 2.45) is 0 Å². The van der Waals surface area contributed by atoms with Crippen molar-refractivity contribution in [2.45, 2.75) is 30.9 Å². The van der Waals surface area contributed by atoms with E-state index in [0.717, 1.165) is 17.9 Å². The van der Waals surface area contributed by atoms with Crippen LogP contribution in [0.25, 0.3) is 0 Å². The molecule has 1 aromatic rings. The first kappa shape index (κ1) is 19.1. The number of carboxylic acids is 1. The van der Waals surface area contributed by atoms with Crippen LogP contribution >= 0.6 is 0 Å². The molecule has 0 radical (unpaired) electrons. The van der Waals surface area contributed by atoms with Gasteiger partial charge in [-0.3, -0.25) is 4.90 Å². The molecule has 2 saturated heterocycles. The Bertz CT molecular complexity index is 562. The van der Waals surface area contributed by atoms with Crippen molar-refractivity contribution in [2.75, 3.05) is 33.4 Å². The average Bonchev–Trinajstić information content (AvgIpc) is 3.04. The van der Waals surface area contributed by atoms with Gasteiger partial charge < -0.3 is 24.1 Å². The Morgan fingerprint density at radius 1 is 1.33 bits per heavy atom. The number of likely N-dealkylation sites (tertiary alicyclic amines) is 1. The average molecular weight is 327 g/mol. The van der Waals surface area contributed by atoms with Crippen LogP contribution in [0.5, 0.6) is 11.5 Å². The summed E-state index contributed by atoms with van der Waals surface area (Å²) in [5, 5.41) is 11.7. The molecule has 0 spiro atoms. The molecule has 0 unspecified atom stereocenters. The Balaban J connectivity index is 0.00000208. The van der Waals surface area contributed by atoms with Crippen molar-refractivity contribution >= 4 is 5.97 Å². The molecule has 0 aromatic heterocycles. The quantitative estimate of drug-likeness (QED) is 0.555. The molecule has 2 heterocycles. The van der Waals surface area contributed by atoms with Crippen LogP contribution < -0.4 is 33.4 Å². The molecule has 126 valence electrons. The van der Waals surface area contributed by atoms with E-state index in [2.05, 4.69) is 0 Å². The van der Waals surface area contributed by atoms with Crippen LogP contribution in [0.2, 0.25) is 0 Å². The Kier molecular flexibility index (Phi) is 6.59. The third kappa shape index (κ3) is 3.89. The fraction of sp³-hybridized carbons (Fsp3) is 0.588. The monoisotopic (exact) mass is 327 g/mol. The summed E-state index contributed by atoms with van der Waals surface area (Å²) in [6.07, 6.45) is 1.72. The Hall–Kier alpha value is -1.19. The maximum atomic E-state index is 11.7. The second-order valence-corrected chi connectivity index (χ2v) is 6.08. The van der Waals surface area contributed by atoms with Crippen LogP contribution in [0.4, 0.5) is 0 Å². The van der Waals surface area contributed by atoms with Crippen molar-refractivity contribution in [1.29, 1.82) is 0 Å². The number of carbonyl (C=O) groups excluding carboxylic acids is 1. The van der Waals surface area contributed by atoms with Gasteiger partial charge in [0.1, 0.15) is 17.6 Å². The number of hydrogen-bond acceptors (Lipinski definition) is 6. The molecule has 3 rings (SSSR count). The molecule has 1 atom stereocenters. The second-order valence-electron chi connectivity index (χ2n) is 6.08. The minimum atomic E-state index is -0.997. The molecule has 0 N–H and O–H groups in total. The summed E-state index contributed by atoms with van der Waals surface area (Å²) in [7, 11) is 1.62. The number of hydrogen-bond donors (Lipinski definition) is 0. The first-order chi connectivity index (χ1) is 11.1. The van der Waals surface area contributed by atoms with Crippen molar-refractivity contribution in [3.63, 3.8) is 0 Å². The third-order valence-electron chi connectivity index (χ3n) is 4.79. The molecule has 2 fully saturated rings. The molecule has 6 nitrogen and oxygen atoms in total. The second kappa shape index (κ2) is 8.26. The van der Waals surface area contributed by atoms with Crippen molar-refractivity contribution < 1.29 is 43.0 Å². The summed E-state index contributed by atoms with van der Waals surface area (Å²) in [6.45, 7) is 2.21. The number of benzene rings is 1. The van der Waals surface area contributed by atoms with E-state index in [1.807, 2.05) is 29.2 Å². The number of rotatable bonds is 5. The fourth-order valence-corrected chi connectivity index (χ4v) is 3.44. The van der Waals surface area contributed by atoms with Gasteiger partial charge in [-0.1, -0.05) is 6.07 Å². The molecular formula is C17H22LiNO5. The molecule has 0 saturated carbocycles. The van der Waals surface area contributed by atoms with Crippen molar-refractivity contribution in [3.05, 3.63) is 24.3 Å². The third-order valence-corrected chi connectivity index (χ3v) is 4.79. The molecule has 0 aliphatic carbocycles. The summed E-state index contributed by atoms with van der Waals surface area (Å²) >= 11 is 0. The maximum Gasteiger partial charge on any atom is 1.00 e. The van der Waals surface area contributed by atoms with Gasteiger partial charge in [0, 0.05) is 32.4 Å².